The average molecular weight is 391 g/mol. The monoisotopic (exact) mass is 391 g/mol. The first-order valence-electron chi connectivity index (χ1n) is 9.17. The number of sulfonamides is 1. The van der Waals surface area contributed by atoms with E-state index in [1.807, 2.05) is 27.7 Å². The number of para-hydroxylation sites is 1. The molecule has 27 heavy (non-hydrogen) atoms. The van der Waals surface area contributed by atoms with Crippen molar-refractivity contribution in [2.45, 2.75) is 45.1 Å². The van der Waals surface area contributed by atoms with Gasteiger partial charge in [-0.15, -0.1) is 4.40 Å². The number of ketones is 1. The maximum absolute atomic E-state index is 13.1. The number of benzene rings is 1. The van der Waals surface area contributed by atoms with Gasteiger partial charge in [0, 0.05) is 6.54 Å². The molecule has 3 rings (SSSR count). The van der Waals surface area contributed by atoms with Gasteiger partial charge in [0.05, 0.1) is 11.7 Å². The van der Waals surface area contributed by atoms with Gasteiger partial charge in [0.1, 0.15) is 10.7 Å². The minimum Gasteiger partial charge on any atom is -0.341 e. The lowest BCUT2D eigenvalue weighted by molar-refractivity contribution is -0.131. The van der Waals surface area contributed by atoms with Crippen LogP contribution in [0.2, 0.25) is 0 Å². The normalized spacial score (nSPS) is 24.2. The van der Waals surface area contributed by atoms with Gasteiger partial charge in [0.15, 0.2) is 11.7 Å². The molecule has 7 nitrogen and oxygen atoms in total. The Balaban J connectivity index is 2.00. The standard InChI is InChI=1S/C19H25N3O4S/c1-11(2)9-14-17(23)16(19(24)22(14)10-12(3)4)18-20-13-7-5-6-8-15(13)27(25,26)21-18/h5-8,11-12,14,16H,9-10H2,1-4H3,(H,20,21)/t14-,16?/m0/s1. The van der Waals surface area contributed by atoms with E-state index in [-0.39, 0.29) is 34.3 Å². The highest BCUT2D eigenvalue weighted by atomic mass is 32.2. The number of anilines is 1. The van der Waals surface area contributed by atoms with Crippen LogP contribution in [0.15, 0.2) is 33.6 Å². The molecule has 0 aliphatic carbocycles. The number of nitrogens with one attached hydrogen (secondary N) is 1. The number of nitrogens with zero attached hydrogens (tertiary/aromatic N) is 2. The maximum atomic E-state index is 13.1. The van der Waals surface area contributed by atoms with Crippen molar-refractivity contribution in [3.63, 3.8) is 0 Å². The summed E-state index contributed by atoms with van der Waals surface area (Å²) in [4.78, 5) is 27.8. The number of fused-ring (bicyclic) bond motifs is 1. The van der Waals surface area contributed by atoms with Crippen LogP contribution in [-0.4, -0.2) is 43.4 Å². The van der Waals surface area contributed by atoms with Gasteiger partial charge in [-0.3, -0.25) is 9.59 Å². The number of hydrogen-bond donors (Lipinski definition) is 1. The zero-order valence-corrected chi connectivity index (χ0v) is 16.8. The lowest BCUT2D eigenvalue weighted by Gasteiger charge is -2.26. The van der Waals surface area contributed by atoms with E-state index in [1.165, 1.54) is 6.07 Å². The van der Waals surface area contributed by atoms with Gasteiger partial charge in [0.25, 0.3) is 10.0 Å². The van der Waals surface area contributed by atoms with Crippen LogP contribution in [0.5, 0.6) is 0 Å². The summed E-state index contributed by atoms with van der Waals surface area (Å²) in [6, 6.07) is 5.79. The molecule has 1 aromatic carbocycles. The zero-order chi connectivity index (χ0) is 19.9. The molecule has 8 heteroatoms. The molecule has 1 aromatic rings. The molecule has 0 saturated carbocycles. The number of hydrogen-bond acceptors (Lipinski definition) is 5. The molecule has 2 heterocycles. The third-order valence-corrected chi connectivity index (χ3v) is 6.04. The summed E-state index contributed by atoms with van der Waals surface area (Å²) >= 11 is 0. The van der Waals surface area contributed by atoms with Crippen LogP contribution in [0, 0.1) is 17.8 Å². The largest absolute Gasteiger partial charge is 0.341 e. The van der Waals surface area contributed by atoms with E-state index in [0.29, 0.717) is 18.7 Å². The Labute approximate surface area is 159 Å². The number of Topliss-reactive ketones (excluding diaryl/α,β-unsaturated/α-hetero) is 1. The van der Waals surface area contributed by atoms with E-state index in [2.05, 4.69) is 9.71 Å². The Hall–Kier alpha value is -2.22. The number of likely N-dealkylation sites (tertiary alicyclic amines) is 1. The molecule has 1 fully saturated rings. The van der Waals surface area contributed by atoms with Gasteiger partial charge in [-0.25, -0.2) is 0 Å². The Morgan fingerprint density at radius 1 is 1.11 bits per heavy atom. The number of carbonyl (C=O) groups is 2. The fourth-order valence-electron chi connectivity index (χ4n) is 3.60. The third kappa shape index (κ3) is 3.63. The number of rotatable bonds is 5. The lowest BCUT2D eigenvalue weighted by Crippen LogP contribution is -2.39. The fourth-order valence-corrected chi connectivity index (χ4v) is 4.75. The Kier molecular flexibility index (Phi) is 5.12. The minimum atomic E-state index is -3.95. The second-order valence-electron chi connectivity index (χ2n) is 7.94. The molecule has 2 aliphatic heterocycles. The molecule has 0 bridgehead atoms. The van der Waals surface area contributed by atoms with Crippen molar-refractivity contribution in [3.8, 4) is 0 Å². The Morgan fingerprint density at radius 2 is 1.78 bits per heavy atom. The van der Waals surface area contributed by atoms with Gasteiger partial charge < -0.3 is 10.2 Å². The summed E-state index contributed by atoms with van der Waals surface area (Å²) in [5, 5.41) is 2.91. The topological polar surface area (TPSA) is 95.9 Å². The summed E-state index contributed by atoms with van der Waals surface area (Å²) in [5.41, 5.74) is 0.339. The van der Waals surface area contributed by atoms with E-state index in [0.717, 1.165) is 0 Å². The fraction of sp³-hybridized carbons (Fsp3) is 0.526. The van der Waals surface area contributed by atoms with Gasteiger partial charge in [0.2, 0.25) is 5.91 Å². The van der Waals surface area contributed by atoms with Gasteiger partial charge in [-0.05, 0) is 30.4 Å². The molecule has 1 N–H and O–H groups in total. The number of amidine groups is 1. The average Bonchev–Trinajstić information content (AvgIpc) is 2.77. The molecule has 2 aliphatic rings. The second kappa shape index (κ2) is 7.07. The molecular weight excluding hydrogens is 366 g/mol. The molecule has 0 spiro atoms. The predicted molar refractivity (Wildman–Crippen MR) is 103 cm³/mol. The van der Waals surface area contributed by atoms with Crippen LogP contribution in [0.25, 0.3) is 0 Å². The van der Waals surface area contributed by atoms with Crippen LogP contribution in [0.4, 0.5) is 5.69 Å². The molecule has 2 atom stereocenters. The summed E-state index contributed by atoms with van der Waals surface area (Å²) in [5.74, 6) is -1.53. The van der Waals surface area contributed by atoms with Crippen LogP contribution < -0.4 is 5.32 Å². The first-order valence-corrected chi connectivity index (χ1v) is 10.6. The molecule has 146 valence electrons. The highest BCUT2D eigenvalue weighted by Crippen LogP contribution is 2.33. The van der Waals surface area contributed by atoms with E-state index in [9.17, 15) is 18.0 Å². The predicted octanol–water partition coefficient (Wildman–Crippen LogP) is 2.30. The van der Waals surface area contributed by atoms with Gasteiger partial charge >= 0.3 is 0 Å². The smallest absolute Gasteiger partial charge is 0.286 e. The van der Waals surface area contributed by atoms with Gasteiger partial charge in [-0.1, -0.05) is 39.8 Å². The summed E-state index contributed by atoms with van der Waals surface area (Å²) < 4.78 is 28.8. The zero-order valence-electron chi connectivity index (χ0n) is 16.0. The van der Waals surface area contributed by atoms with Crippen LogP contribution >= 0.6 is 0 Å². The van der Waals surface area contributed by atoms with E-state index in [4.69, 9.17) is 0 Å². The Morgan fingerprint density at radius 3 is 2.41 bits per heavy atom. The van der Waals surface area contributed by atoms with Crippen LogP contribution in [-0.2, 0) is 19.6 Å². The summed E-state index contributed by atoms with van der Waals surface area (Å²) in [7, 11) is -3.95. The number of carbonyl (C=O) groups excluding carboxylic acids is 2. The van der Waals surface area contributed by atoms with Gasteiger partial charge in [-0.2, -0.15) is 8.42 Å². The SMILES string of the molecule is CC(C)C[C@H]1C(=O)C(C2=NS(=O)(=O)c3ccccc3N2)C(=O)N1CC(C)C. The first kappa shape index (κ1) is 19.5. The van der Waals surface area contributed by atoms with E-state index < -0.39 is 22.0 Å². The molecular formula is C19H25N3O4S. The quantitative estimate of drug-likeness (QED) is 0.777. The Bertz CT molecular complexity index is 877. The highest BCUT2D eigenvalue weighted by molar-refractivity contribution is 7.90. The van der Waals surface area contributed by atoms with Crippen molar-refractivity contribution in [1.82, 2.24) is 4.90 Å². The molecule has 0 radical (unpaired) electrons. The van der Waals surface area contributed by atoms with Crippen LogP contribution in [0.1, 0.15) is 34.1 Å². The van der Waals surface area contributed by atoms with E-state index >= 15 is 0 Å². The minimum absolute atomic E-state index is 0.0458. The van der Waals surface area contributed by atoms with Crippen molar-refractivity contribution < 1.29 is 18.0 Å². The van der Waals surface area contributed by atoms with E-state index in [1.54, 1.807) is 23.1 Å². The summed E-state index contributed by atoms with van der Waals surface area (Å²) in [6.07, 6.45) is 0.546. The highest BCUT2D eigenvalue weighted by Gasteiger charge is 2.50. The third-order valence-electron chi connectivity index (χ3n) is 4.70. The van der Waals surface area contributed by atoms with Crippen molar-refractivity contribution in [1.29, 1.82) is 0 Å². The molecule has 1 amide bonds. The first-order chi connectivity index (χ1) is 12.6. The molecule has 0 aromatic heterocycles. The maximum Gasteiger partial charge on any atom is 0.286 e. The second-order valence-corrected chi connectivity index (χ2v) is 9.51. The molecule has 1 saturated heterocycles. The number of amides is 1. The summed E-state index contributed by atoms with van der Waals surface area (Å²) in [6.45, 7) is 8.41. The van der Waals surface area contributed by atoms with Crippen LogP contribution in [0.3, 0.4) is 0 Å². The van der Waals surface area contributed by atoms with Crippen molar-refractivity contribution in [3.05, 3.63) is 24.3 Å². The van der Waals surface area contributed by atoms with Crippen molar-refractivity contribution in [2.24, 2.45) is 22.2 Å². The van der Waals surface area contributed by atoms with Crippen molar-refractivity contribution >= 4 is 33.2 Å². The molecule has 1 unspecified atom stereocenters. The van der Waals surface area contributed by atoms with Crippen molar-refractivity contribution in [2.75, 3.05) is 11.9 Å². The lowest BCUT2D eigenvalue weighted by atomic mass is 9.95.